The Hall–Kier alpha value is -0.880. The Kier molecular flexibility index (Phi) is 3.37. The number of aromatic nitrogens is 3. The summed E-state index contributed by atoms with van der Waals surface area (Å²) >= 11 is 4.93. The van der Waals surface area contributed by atoms with E-state index in [1.165, 1.54) is 17.5 Å². The second-order valence-electron chi connectivity index (χ2n) is 3.84. The average molecular weight is 228 g/mol. The van der Waals surface area contributed by atoms with Gasteiger partial charge in [0.25, 0.3) is 0 Å². The molecule has 0 spiro atoms. The Bertz CT molecular complexity index is 366. The van der Waals surface area contributed by atoms with Crippen LogP contribution in [0.3, 0.4) is 0 Å². The quantitative estimate of drug-likeness (QED) is 0.601. The molecule has 2 rings (SSSR count). The molecule has 0 saturated carbocycles. The first kappa shape index (κ1) is 10.6. The highest BCUT2D eigenvalue weighted by atomic mass is 32.1. The lowest BCUT2D eigenvalue weighted by molar-refractivity contribution is 0.0111. The SMILES string of the molecule is Nn1c(CCC2CCCCO2)n[nH]c1=S. The minimum atomic E-state index is 0.365. The predicted molar refractivity (Wildman–Crippen MR) is 59.5 cm³/mol. The fourth-order valence-electron chi connectivity index (χ4n) is 1.84. The van der Waals surface area contributed by atoms with Crippen LogP contribution in [0, 0.1) is 4.77 Å². The Balaban J connectivity index is 1.87. The maximum atomic E-state index is 5.70. The molecule has 1 fully saturated rings. The number of nitrogens with one attached hydrogen (secondary N) is 1. The van der Waals surface area contributed by atoms with Crippen molar-refractivity contribution in [3.63, 3.8) is 0 Å². The van der Waals surface area contributed by atoms with Gasteiger partial charge in [0.2, 0.25) is 4.77 Å². The smallest absolute Gasteiger partial charge is 0.214 e. The van der Waals surface area contributed by atoms with E-state index >= 15 is 0 Å². The van der Waals surface area contributed by atoms with Crippen LogP contribution in [0.4, 0.5) is 0 Å². The lowest BCUT2D eigenvalue weighted by Crippen LogP contribution is -2.21. The largest absolute Gasteiger partial charge is 0.378 e. The van der Waals surface area contributed by atoms with Gasteiger partial charge in [-0.3, -0.25) is 5.10 Å². The number of ether oxygens (including phenoxy) is 1. The highest BCUT2D eigenvalue weighted by Gasteiger charge is 2.14. The van der Waals surface area contributed by atoms with Crippen molar-refractivity contribution in [2.75, 3.05) is 12.4 Å². The Morgan fingerprint density at radius 3 is 3.07 bits per heavy atom. The van der Waals surface area contributed by atoms with Crippen molar-refractivity contribution in [1.82, 2.24) is 14.9 Å². The van der Waals surface area contributed by atoms with Gasteiger partial charge in [-0.15, -0.1) is 0 Å². The summed E-state index contributed by atoms with van der Waals surface area (Å²) in [6.07, 6.45) is 5.75. The number of nitrogen functional groups attached to an aromatic ring is 1. The number of rotatable bonds is 3. The van der Waals surface area contributed by atoms with E-state index in [4.69, 9.17) is 22.8 Å². The van der Waals surface area contributed by atoms with E-state index in [1.54, 1.807) is 0 Å². The van der Waals surface area contributed by atoms with Crippen LogP contribution < -0.4 is 5.84 Å². The molecule has 1 saturated heterocycles. The average Bonchev–Trinajstić information content (AvgIpc) is 2.59. The van der Waals surface area contributed by atoms with E-state index in [0.29, 0.717) is 10.9 Å². The van der Waals surface area contributed by atoms with Gasteiger partial charge in [0, 0.05) is 13.0 Å². The number of nitrogens with two attached hydrogens (primary N) is 1. The summed E-state index contributed by atoms with van der Waals surface area (Å²) in [6, 6.07) is 0. The summed E-state index contributed by atoms with van der Waals surface area (Å²) in [5.74, 6) is 6.50. The summed E-state index contributed by atoms with van der Waals surface area (Å²) in [7, 11) is 0. The zero-order chi connectivity index (χ0) is 10.7. The van der Waals surface area contributed by atoms with Gasteiger partial charge < -0.3 is 10.6 Å². The normalized spacial score (nSPS) is 21.7. The van der Waals surface area contributed by atoms with Crippen LogP contribution in [0.1, 0.15) is 31.5 Å². The van der Waals surface area contributed by atoms with Crippen molar-refractivity contribution in [2.45, 2.75) is 38.2 Å². The van der Waals surface area contributed by atoms with E-state index in [-0.39, 0.29) is 0 Å². The minimum absolute atomic E-state index is 0.365. The number of hydrogen-bond donors (Lipinski definition) is 2. The highest BCUT2D eigenvalue weighted by Crippen LogP contribution is 2.16. The third-order valence-corrected chi connectivity index (χ3v) is 3.03. The molecule has 0 amide bonds. The molecule has 84 valence electrons. The van der Waals surface area contributed by atoms with Crippen molar-refractivity contribution in [1.29, 1.82) is 0 Å². The number of aromatic amines is 1. The summed E-state index contributed by atoms with van der Waals surface area (Å²) in [5.41, 5.74) is 0. The lowest BCUT2D eigenvalue weighted by atomic mass is 10.0. The first-order valence-corrected chi connectivity index (χ1v) is 5.71. The van der Waals surface area contributed by atoms with Crippen LogP contribution in [-0.2, 0) is 11.2 Å². The molecule has 3 N–H and O–H groups in total. The number of hydrogen-bond acceptors (Lipinski definition) is 4. The first-order valence-electron chi connectivity index (χ1n) is 5.30. The molecule has 1 aromatic rings. The van der Waals surface area contributed by atoms with Crippen molar-refractivity contribution < 1.29 is 4.74 Å². The number of aryl methyl sites for hydroxylation is 1. The molecule has 5 nitrogen and oxygen atoms in total. The van der Waals surface area contributed by atoms with Crippen molar-refractivity contribution >= 4 is 12.2 Å². The molecule has 1 aromatic heterocycles. The van der Waals surface area contributed by atoms with Gasteiger partial charge in [0.15, 0.2) is 5.82 Å². The Morgan fingerprint density at radius 2 is 2.47 bits per heavy atom. The van der Waals surface area contributed by atoms with Gasteiger partial charge >= 0.3 is 0 Å². The minimum Gasteiger partial charge on any atom is -0.378 e. The fourth-order valence-corrected chi connectivity index (χ4v) is 1.99. The molecule has 1 atom stereocenters. The van der Waals surface area contributed by atoms with Gasteiger partial charge in [0.05, 0.1) is 6.10 Å². The van der Waals surface area contributed by atoms with Gasteiger partial charge in [-0.2, -0.15) is 5.10 Å². The van der Waals surface area contributed by atoms with Crippen LogP contribution in [0.2, 0.25) is 0 Å². The van der Waals surface area contributed by atoms with E-state index in [1.807, 2.05) is 0 Å². The van der Waals surface area contributed by atoms with Crippen LogP contribution in [0.25, 0.3) is 0 Å². The third kappa shape index (κ3) is 2.57. The standard InChI is InChI=1S/C9H16N4OS/c10-13-8(11-12-9(13)15)5-4-7-3-1-2-6-14-7/h7H,1-6,10H2,(H,12,15). The van der Waals surface area contributed by atoms with Crippen molar-refractivity contribution in [3.8, 4) is 0 Å². The molecule has 1 unspecified atom stereocenters. The highest BCUT2D eigenvalue weighted by molar-refractivity contribution is 7.71. The molecule has 0 bridgehead atoms. The molecule has 0 aromatic carbocycles. The van der Waals surface area contributed by atoms with E-state index in [9.17, 15) is 0 Å². The molecule has 2 heterocycles. The summed E-state index contributed by atoms with van der Waals surface area (Å²) in [5, 5.41) is 6.74. The maximum Gasteiger partial charge on any atom is 0.214 e. The number of H-pyrrole nitrogens is 1. The molecule has 0 radical (unpaired) electrons. The van der Waals surface area contributed by atoms with Gasteiger partial charge in [0.1, 0.15) is 0 Å². The zero-order valence-electron chi connectivity index (χ0n) is 8.61. The Labute approximate surface area is 93.6 Å². The van der Waals surface area contributed by atoms with E-state index in [2.05, 4.69) is 10.2 Å². The number of nitrogens with zero attached hydrogens (tertiary/aromatic N) is 2. The first-order chi connectivity index (χ1) is 7.27. The second kappa shape index (κ2) is 4.76. The summed E-state index contributed by atoms with van der Waals surface area (Å²) in [4.78, 5) is 0. The van der Waals surface area contributed by atoms with Gasteiger partial charge in [-0.05, 0) is 37.9 Å². The molecular formula is C9H16N4OS. The molecule has 1 aliphatic rings. The molecule has 15 heavy (non-hydrogen) atoms. The fraction of sp³-hybridized carbons (Fsp3) is 0.778. The van der Waals surface area contributed by atoms with Crippen molar-refractivity contribution in [2.24, 2.45) is 0 Å². The van der Waals surface area contributed by atoms with E-state index < -0.39 is 0 Å². The van der Waals surface area contributed by atoms with Gasteiger partial charge in [-0.1, -0.05) is 0 Å². The lowest BCUT2D eigenvalue weighted by Gasteiger charge is -2.22. The maximum absolute atomic E-state index is 5.70. The summed E-state index contributed by atoms with van der Waals surface area (Å²) in [6.45, 7) is 0.889. The molecule has 6 heteroatoms. The van der Waals surface area contributed by atoms with Crippen LogP contribution in [0.15, 0.2) is 0 Å². The van der Waals surface area contributed by atoms with Gasteiger partial charge in [-0.25, -0.2) is 4.68 Å². The van der Waals surface area contributed by atoms with Crippen LogP contribution >= 0.6 is 12.2 Å². The topological polar surface area (TPSA) is 68.9 Å². The van der Waals surface area contributed by atoms with Crippen molar-refractivity contribution in [3.05, 3.63) is 10.6 Å². The van der Waals surface area contributed by atoms with E-state index in [0.717, 1.165) is 31.7 Å². The molecular weight excluding hydrogens is 212 g/mol. The second-order valence-corrected chi connectivity index (χ2v) is 4.23. The Morgan fingerprint density at radius 1 is 1.60 bits per heavy atom. The molecule has 1 aliphatic heterocycles. The van der Waals surface area contributed by atoms with Crippen LogP contribution in [-0.4, -0.2) is 27.6 Å². The molecule has 0 aliphatic carbocycles. The zero-order valence-corrected chi connectivity index (χ0v) is 9.42. The third-order valence-electron chi connectivity index (χ3n) is 2.74. The van der Waals surface area contributed by atoms with Crippen LogP contribution in [0.5, 0.6) is 0 Å². The summed E-state index contributed by atoms with van der Waals surface area (Å²) < 4.78 is 7.53. The monoisotopic (exact) mass is 228 g/mol. The predicted octanol–water partition coefficient (Wildman–Crippen LogP) is 1.16.